The van der Waals surface area contributed by atoms with Gasteiger partial charge >= 0.3 is 24.1 Å². The van der Waals surface area contributed by atoms with E-state index in [1.54, 1.807) is 53.0 Å². The first kappa shape index (κ1) is 35.0. The Hall–Kier alpha value is -4.47. The average Bonchev–Trinajstić information content (AvgIpc) is 3.38. The van der Waals surface area contributed by atoms with Crippen LogP contribution >= 0.6 is 11.3 Å². The summed E-state index contributed by atoms with van der Waals surface area (Å²) >= 11 is 1.10. The lowest BCUT2D eigenvalue weighted by atomic mass is 9.83. The number of ether oxygens (including phenoxy) is 4. The fraction of sp³-hybridized carbons (Fsp3) is 0.552. The molecule has 4 amide bonds. The molecule has 0 aliphatic carbocycles. The van der Waals surface area contributed by atoms with Crippen molar-refractivity contribution in [3.63, 3.8) is 0 Å². The number of primary amides is 1. The molecular weight excluding hydrogens is 610 g/mol. The number of rotatable bonds is 10. The highest BCUT2D eigenvalue weighted by Gasteiger charge is 2.54. The molecule has 2 aliphatic heterocycles. The number of nitrogens with two attached hydrogens (primary N) is 1. The largest absolute Gasteiger partial charge is 0.445 e. The van der Waals surface area contributed by atoms with E-state index in [1.165, 1.54) is 4.90 Å². The number of fused-ring (bicyclic) bond motifs is 1. The van der Waals surface area contributed by atoms with E-state index >= 15 is 0 Å². The number of nitrogens with zero attached hydrogens (tertiary/aromatic N) is 2. The van der Waals surface area contributed by atoms with Crippen LogP contribution in [0.5, 0.6) is 0 Å². The van der Waals surface area contributed by atoms with Crippen LogP contribution in [0.15, 0.2) is 22.7 Å². The summed E-state index contributed by atoms with van der Waals surface area (Å²) in [7, 11) is 0. The monoisotopic (exact) mass is 649 g/mol. The number of nitrogens with one attached hydrogen (secondary N) is 2. The highest BCUT2D eigenvalue weighted by atomic mass is 32.1. The van der Waals surface area contributed by atoms with Gasteiger partial charge < -0.3 is 30.0 Å². The average molecular weight is 650 g/mol. The molecule has 0 spiro atoms. The molecular formula is C29H39N5O10S. The maximum atomic E-state index is 13.4. The van der Waals surface area contributed by atoms with Crippen LogP contribution in [0, 0.1) is 5.41 Å². The molecule has 1 fully saturated rings. The van der Waals surface area contributed by atoms with E-state index in [0.29, 0.717) is 12.8 Å². The predicted molar refractivity (Wildman–Crippen MR) is 161 cm³/mol. The number of aromatic nitrogens is 1. The number of hydrogen-bond donors (Lipinski definition) is 3. The number of esters is 2. The first-order valence-electron chi connectivity index (χ1n) is 14.2. The molecule has 15 nitrogen and oxygen atoms in total. The van der Waals surface area contributed by atoms with Gasteiger partial charge in [-0.15, -0.1) is 11.3 Å². The molecule has 3 heterocycles. The topological polar surface area (TPSA) is 206 Å². The summed E-state index contributed by atoms with van der Waals surface area (Å²) in [5, 5.41) is 7.09. The third kappa shape index (κ3) is 9.03. The van der Waals surface area contributed by atoms with Gasteiger partial charge in [-0.05, 0) is 66.4 Å². The summed E-state index contributed by atoms with van der Waals surface area (Å²) in [5.41, 5.74) is 4.15. The summed E-state index contributed by atoms with van der Waals surface area (Å²) in [5.74, 6) is -2.74. The fourth-order valence-corrected chi connectivity index (χ4v) is 5.13. The number of β-lactam (4-membered cyclic amide) rings is 1. The Kier molecular flexibility index (Phi) is 11.0. The van der Waals surface area contributed by atoms with Crippen LogP contribution in [-0.4, -0.2) is 76.9 Å². The fourth-order valence-electron chi connectivity index (χ4n) is 4.43. The number of carbonyl (C=O) groups is 6. The summed E-state index contributed by atoms with van der Waals surface area (Å²) in [4.78, 5) is 80.8. The lowest BCUT2D eigenvalue weighted by Crippen LogP contribution is -2.71. The van der Waals surface area contributed by atoms with Gasteiger partial charge in [0, 0.05) is 5.38 Å². The first-order chi connectivity index (χ1) is 20.9. The van der Waals surface area contributed by atoms with Gasteiger partial charge in [0.2, 0.25) is 6.79 Å². The summed E-state index contributed by atoms with van der Waals surface area (Å²) in [6.45, 7) is 10.8. The molecule has 1 aromatic rings. The molecule has 2 atom stereocenters. The van der Waals surface area contributed by atoms with Crippen molar-refractivity contribution < 1.29 is 47.7 Å². The van der Waals surface area contributed by atoms with E-state index in [-0.39, 0.29) is 40.7 Å². The van der Waals surface area contributed by atoms with Gasteiger partial charge in [0.25, 0.3) is 11.8 Å². The lowest BCUT2D eigenvalue weighted by Gasteiger charge is -2.50. The third-order valence-electron chi connectivity index (χ3n) is 6.44. The van der Waals surface area contributed by atoms with Crippen molar-refractivity contribution in [3.8, 4) is 0 Å². The zero-order valence-corrected chi connectivity index (χ0v) is 27.1. The molecule has 1 aromatic heterocycles. The zero-order valence-electron chi connectivity index (χ0n) is 26.3. The molecule has 0 saturated carbocycles. The van der Waals surface area contributed by atoms with Crippen LogP contribution in [0.4, 0.5) is 14.7 Å². The minimum absolute atomic E-state index is 0.170. The minimum Gasteiger partial charge on any atom is -0.445 e. The second kappa shape index (κ2) is 14.1. The van der Waals surface area contributed by atoms with Crippen LogP contribution in [0.25, 0.3) is 5.57 Å². The molecule has 3 rings (SSSR count). The Labute approximate surface area is 264 Å². The Morgan fingerprint density at radius 1 is 1.11 bits per heavy atom. The van der Waals surface area contributed by atoms with Crippen molar-refractivity contribution in [3.05, 3.63) is 28.4 Å². The smallest absolute Gasteiger partial charge is 0.413 e. The van der Waals surface area contributed by atoms with Gasteiger partial charge in [-0.2, -0.15) is 0 Å². The van der Waals surface area contributed by atoms with Crippen LogP contribution in [0.3, 0.4) is 0 Å². The Morgan fingerprint density at radius 3 is 2.40 bits per heavy atom. The summed E-state index contributed by atoms with van der Waals surface area (Å²) in [6, 6.07) is -1.59. The molecule has 1 saturated heterocycles. The number of allylic oxidation sites excluding steroid dienone is 1. The summed E-state index contributed by atoms with van der Waals surface area (Å²) < 4.78 is 20.3. The second-order valence-corrected chi connectivity index (χ2v) is 13.1. The minimum atomic E-state index is -1.07. The number of anilines is 1. The maximum absolute atomic E-state index is 13.4. The molecule has 4 N–H and O–H groups in total. The van der Waals surface area contributed by atoms with Gasteiger partial charge in [-0.25, -0.2) is 19.4 Å². The van der Waals surface area contributed by atoms with Crippen molar-refractivity contribution in [2.24, 2.45) is 11.1 Å². The van der Waals surface area contributed by atoms with Crippen LogP contribution in [-0.2, 0) is 38.1 Å². The lowest BCUT2D eigenvalue weighted by molar-refractivity contribution is -0.174. The molecule has 0 bridgehead atoms. The van der Waals surface area contributed by atoms with E-state index in [1.807, 2.05) is 6.92 Å². The van der Waals surface area contributed by atoms with E-state index in [4.69, 9.17) is 24.7 Å². The number of hydrogen-bond acceptors (Lipinski definition) is 12. The molecule has 246 valence electrons. The van der Waals surface area contributed by atoms with Crippen LogP contribution in [0.2, 0.25) is 0 Å². The Bertz CT molecular complexity index is 1420. The standard InChI is InChI=1S/C29H39N5O10S/c1-8-9-16(17-13-45-26(31-17)33-27(40)44-29(5,6)7)21(35)32-19-18-11-10-15(12-41-25(30)39)20(34(18)22(19)36)23(37)42-14-43-24(38)28(2,3)4/h9,13,18-19H,8,10-12,14H2,1-7H3,(H2,30,39)(H,32,35)(H,31,33,40)/b16-9-/t18-,19+/m1/s1. The van der Waals surface area contributed by atoms with E-state index in [2.05, 4.69) is 15.6 Å². The number of thiazole rings is 1. The van der Waals surface area contributed by atoms with Gasteiger partial charge in [-0.3, -0.25) is 24.6 Å². The Balaban J connectivity index is 1.74. The Morgan fingerprint density at radius 2 is 1.80 bits per heavy atom. The van der Waals surface area contributed by atoms with Crippen LogP contribution in [0.1, 0.15) is 73.4 Å². The highest BCUT2D eigenvalue weighted by molar-refractivity contribution is 7.14. The van der Waals surface area contributed by atoms with Gasteiger partial charge in [0.15, 0.2) is 5.13 Å². The first-order valence-corrected chi connectivity index (χ1v) is 15.1. The van der Waals surface area contributed by atoms with Crippen molar-refractivity contribution in [1.82, 2.24) is 15.2 Å². The van der Waals surface area contributed by atoms with Gasteiger partial charge in [-0.1, -0.05) is 13.0 Å². The quantitative estimate of drug-likeness (QED) is 0.110. The molecule has 0 radical (unpaired) electrons. The van der Waals surface area contributed by atoms with Crippen molar-refractivity contribution in [2.45, 2.75) is 85.4 Å². The van der Waals surface area contributed by atoms with Gasteiger partial charge in [0.1, 0.15) is 23.9 Å². The maximum Gasteiger partial charge on any atom is 0.413 e. The summed E-state index contributed by atoms with van der Waals surface area (Å²) in [6.07, 6.45) is 0.913. The normalized spacial score (nSPS) is 18.3. The molecule has 0 aromatic carbocycles. The van der Waals surface area contributed by atoms with Crippen LogP contribution < -0.4 is 16.4 Å². The molecule has 2 aliphatic rings. The zero-order chi connectivity index (χ0) is 33.7. The second-order valence-electron chi connectivity index (χ2n) is 12.2. The van der Waals surface area contributed by atoms with E-state index in [0.717, 1.165) is 11.3 Å². The van der Waals surface area contributed by atoms with Crippen molar-refractivity contribution in [1.29, 1.82) is 0 Å². The predicted octanol–water partition coefficient (Wildman–Crippen LogP) is 3.21. The van der Waals surface area contributed by atoms with Crippen molar-refractivity contribution in [2.75, 3.05) is 18.7 Å². The molecule has 16 heteroatoms. The SMILES string of the molecule is CC/C=C(\C(=O)N[C@@H]1C(=O)N2C(C(=O)OCOC(=O)C(C)(C)C)=C(COC(N)=O)CC[C@H]12)c1csc(NC(=O)OC(C)(C)C)n1. The third-order valence-corrected chi connectivity index (χ3v) is 7.20. The molecule has 0 unspecified atom stereocenters. The van der Waals surface area contributed by atoms with Gasteiger partial charge in [0.05, 0.1) is 22.7 Å². The number of amides is 4. The van der Waals surface area contributed by atoms with E-state index in [9.17, 15) is 28.8 Å². The molecule has 45 heavy (non-hydrogen) atoms. The number of carbonyl (C=O) groups excluding carboxylic acids is 6. The highest BCUT2D eigenvalue weighted by Crippen LogP contribution is 2.38. The van der Waals surface area contributed by atoms with Crippen molar-refractivity contribution >= 4 is 58.0 Å². The van der Waals surface area contributed by atoms with E-state index < -0.39 is 65.8 Å².